The van der Waals surface area contributed by atoms with E-state index in [0.717, 1.165) is 0 Å². The minimum atomic E-state index is -2.84. The van der Waals surface area contributed by atoms with Crippen LogP contribution in [0.1, 0.15) is 0 Å². The number of halogens is 3. The van der Waals surface area contributed by atoms with E-state index in [2.05, 4.69) is 20.3 Å². The molecule has 15 heavy (non-hydrogen) atoms. The lowest BCUT2D eigenvalue weighted by Crippen LogP contribution is -2.27. The monoisotopic (exact) mass is 239 g/mol. The highest BCUT2D eigenvalue weighted by atomic mass is 35.5. The zero-order chi connectivity index (χ0) is 11.4. The summed E-state index contributed by atoms with van der Waals surface area (Å²) in [6.07, 6.45) is -4.64. The molecule has 1 atom stereocenters. The minimum Gasteiger partial charge on any atom is -0.385 e. The molecule has 1 rings (SSSR count). The molecule has 4 N–H and O–H groups in total. The number of rotatable bonds is 4. The van der Waals surface area contributed by atoms with E-state index in [1.165, 1.54) is 0 Å². The van der Waals surface area contributed by atoms with Gasteiger partial charge in [-0.2, -0.15) is 15.0 Å². The van der Waals surface area contributed by atoms with E-state index >= 15 is 0 Å². The van der Waals surface area contributed by atoms with Crippen molar-refractivity contribution in [2.45, 2.75) is 12.5 Å². The summed E-state index contributed by atoms with van der Waals surface area (Å²) >= 11 is 5.44. The predicted molar refractivity (Wildman–Crippen MR) is 49.7 cm³/mol. The Kier molecular flexibility index (Phi) is 3.92. The maximum absolute atomic E-state index is 11.9. The molecule has 0 aliphatic heterocycles. The first-order valence-corrected chi connectivity index (χ1v) is 4.24. The van der Waals surface area contributed by atoms with Crippen LogP contribution in [0.3, 0.4) is 0 Å². The molecular weight excluding hydrogens is 232 g/mol. The largest absolute Gasteiger partial charge is 0.385 e. The highest BCUT2D eigenvalue weighted by Gasteiger charge is 2.16. The van der Waals surface area contributed by atoms with E-state index in [9.17, 15) is 8.78 Å². The molecule has 0 aromatic carbocycles. The molecule has 9 heteroatoms. The second-order valence-electron chi connectivity index (χ2n) is 2.57. The van der Waals surface area contributed by atoms with Crippen molar-refractivity contribution in [3.63, 3.8) is 0 Å². The van der Waals surface area contributed by atoms with Gasteiger partial charge in [0.1, 0.15) is 6.10 Å². The maximum Gasteiger partial charge on any atom is 0.265 e. The molecule has 1 aromatic heterocycles. The fraction of sp³-hybridized carbons (Fsp3) is 0.500. The molecule has 0 radical (unpaired) electrons. The molecular formula is C6H8ClF2N5O. The van der Waals surface area contributed by atoms with Crippen LogP contribution in [0, 0.1) is 0 Å². The highest BCUT2D eigenvalue weighted by molar-refractivity contribution is 6.28. The molecule has 84 valence electrons. The van der Waals surface area contributed by atoms with Crippen molar-refractivity contribution in [1.82, 2.24) is 15.0 Å². The van der Waals surface area contributed by atoms with Crippen molar-refractivity contribution in [2.75, 3.05) is 17.6 Å². The summed E-state index contributed by atoms with van der Waals surface area (Å²) in [4.78, 5) is 10.6. The molecule has 0 fully saturated rings. The van der Waals surface area contributed by atoms with Crippen LogP contribution < -0.4 is 11.1 Å². The lowest BCUT2D eigenvalue weighted by Gasteiger charge is -2.10. The SMILES string of the molecule is Nc1nc(Cl)nc(NCC(O)C(F)F)n1. The van der Waals surface area contributed by atoms with E-state index in [1.54, 1.807) is 0 Å². The van der Waals surface area contributed by atoms with Gasteiger partial charge in [0, 0.05) is 6.54 Å². The van der Waals surface area contributed by atoms with E-state index in [1.807, 2.05) is 0 Å². The second-order valence-corrected chi connectivity index (χ2v) is 2.91. The Bertz CT molecular complexity index is 319. The Hall–Kier alpha value is -1.28. The van der Waals surface area contributed by atoms with Crippen LogP contribution in [0.2, 0.25) is 5.28 Å². The van der Waals surface area contributed by atoms with Gasteiger partial charge in [0.2, 0.25) is 17.2 Å². The topological polar surface area (TPSA) is 97.0 Å². The number of hydrogen-bond donors (Lipinski definition) is 3. The third-order valence-corrected chi connectivity index (χ3v) is 1.55. The quantitative estimate of drug-likeness (QED) is 0.692. The number of nitrogens with two attached hydrogens (primary N) is 1. The third-order valence-electron chi connectivity index (χ3n) is 1.39. The Labute approximate surface area is 88.5 Å². The molecule has 0 aliphatic rings. The van der Waals surface area contributed by atoms with Gasteiger partial charge in [-0.05, 0) is 11.6 Å². The zero-order valence-corrected chi connectivity index (χ0v) is 8.12. The summed E-state index contributed by atoms with van der Waals surface area (Å²) in [5.74, 6) is -0.198. The van der Waals surface area contributed by atoms with Gasteiger partial charge in [-0.3, -0.25) is 0 Å². The van der Waals surface area contributed by atoms with E-state index in [0.29, 0.717) is 0 Å². The lowest BCUT2D eigenvalue weighted by molar-refractivity contribution is 0.00376. The number of anilines is 2. The van der Waals surface area contributed by atoms with Gasteiger partial charge in [-0.25, -0.2) is 8.78 Å². The average Bonchev–Trinajstić information content (AvgIpc) is 2.12. The summed E-state index contributed by atoms with van der Waals surface area (Å²) in [6, 6.07) is 0. The lowest BCUT2D eigenvalue weighted by atomic mass is 10.4. The Morgan fingerprint density at radius 3 is 2.60 bits per heavy atom. The Morgan fingerprint density at radius 1 is 1.40 bits per heavy atom. The van der Waals surface area contributed by atoms with Gasteiger partial charge >= 0.3 is 0 Å². The maximum atomic E-state index is 11.9. The summed E-state index contributed by atoms with van der Waals surface area (Å²) in [5.41, 5.74) is 5.23. The van der Waals surface area contributed by atoms with Crippen molar-refractivity contribution in [2.24, 2.45) is 0 Å². The van der Waals surface area contributed by atoms with Crippen LogP contribution in [-0.2, 0) is 0 Å². The van der Waals surface area contributed by atoms with Gasteiger partial charge < -0.3 is 16.2 Å². The molecule has 0 bridgehead atoms. The molecule has 0 saturated carbocycles. The van der Waals surface area contributed by atoms with Gasteiger partial charge in [0.25, 0.3) is 6.43 Å². The Balaban J connectivity index is 2.57. The molecule has 1 heterocycles. The van der Waals surface area contributed by atoms with Crippen LogP contribution in [0.5, 0.6) is 0 Å². The Morgan fingerprint density at radius 2 is 2.07 bits per heavy atom. The second kappa shape index (κ2) is 4.99. The number of aromatic nitrogens is 3. The summed E-state index contributed by atoms with van der Waals surface area (Å²) in [5, 5.41) is 11.0. The van der Waals surface area contributed by atoms with Gasteiger partial charge in [0.15, 0.2) is 0 Å². The number of alkyl halides is 2. The van der Waals surface area contributed by atoms with Crippen LogP contribution in [0.25, 0.3) is 0 Å². The number of hydrogen-bond acceptors (Lipinski definition) is 6. The number of aliphatic hydroxyl groups is 1. The molecule has 0 amide bonds. The van der Waals surface area contributed by atoms with Gasteiger partial charge in [-0.15, -0.1) is 0 Å². The van der Waals surface area contributed by atoms with Crippen LogP contribution in [-0.4, -0.2) is 39.1 Å². The summed E-state index contributed by atoms with van der Waals surface area (Å²) in [7, 11) is 0. The molecule has 1 aromatic rings. The number of nitrogens with one attached hydrogen (secondary N) is 1. The summed E-state index contributed by atoms with van der Waals surface area (Å²) < 4.78 is 23.8. The van der Waals surface area contributed by atoms with E-state index in [-0.39, 0.29) is 17.2 Å². The normalized spacial score (nSPS) is 12.9. The molecule has 0 spiro atoms. The molecule has 0 aliphatic carbocycles. The van der Waals surface area contributed by atoms with Gasteiger partial charge in [-0.1, -0.05) is 0 Å². The van der Waals surface area contributed by atoms with Gasteiger partial charge in [0.05, 0.1) is 0 Å². The fourth-order valence-corrected chi connectivity index (χ4v) is 0.896. The smallest absolute Gasteiger partial charge is 0.265 e. The zero-order valence-electron chi connectivity index (χ0n) is 7.36. The van der Waals surface area contributed by atoms with Crippen molar-refractivity contribution in [3.8, 4) is 0 Å². The highest BCUT2D eigenvalue weighted by Crippen LogP contribution is 2.07. The number of nitrogen functional groups attached to an aromatic ring is 1. The van der Waals surface area contributed by atoms with E-state index in [4.69, 9.17) is 22.4 Å². The van der Waals surface area contributed by atoms with Crippen LogP contribution in [0.4, 0.5) is 20.7 Å². The minimum absolute atomic E-state index is 0.0628. The number of nitrogens with zero attached hydrogens (tertiary/aromatic N) is 3. The molecule has 6 nitrogen and oxygen atoms in total. The van der Waals surface area contributed by atoms with Crippen LogP contribution >= 0.6 is 11.6 Å². The van der Waals surface area contributed by atoms with Crippen molar-refractivity contribution in [3.05, 3.63) is 5.28 Å². The first kappa shape index (κ1) is 11.8. The molecule has 1 unspecified atom stereocenters. The predicted octanol–water partition coefficient (Wildman–Crippen LogP) is 0.145. The third kappa shape index (κ3) is 3.76. The van der Waals surface area contributed by atoms with Crippen molar-refractivity contribution in [1.29, 1.82) is 0 Å². The number of aliphatic hydroxyl groups excluding tert-OH is 1. The van der Waals surface area contributed by atoms with E-state index < -0.39 is 19.1 Å². The first-order chi connectivity index (χ1) is 6.99. The van der Waals surface area contributed by atoms with Crippen molar-refractivity contribution < 1.29 is 13.9 Å². The average molecular weight is 240 g/mol. The molecule has 0 saturated heterocycles. The van der Waals surface area contributed by atoms with Crippen LogP contribution in [0.15, 0.2) is 0 Å². The summed E-state index contributed by atoms with van der Waals surface area (Å²) in [6.45, 7) is -0.405. The fourth-order valence-electron chi connectivity index (χ4n) is 0.729. The standard InChI is InChI=1S/C6H8ClF2N5O/c7-4-12-5(10)14-6(13-4)11-1-2(15)3(8)9/h2-3,15H,1H2,(H3,10,11,12,13,14). The first-order valence-electron chi connectivity index (χ1n) is 3.86. The van der Waals surface area contributed by atoms with Crippen molar-refractivity contribution >= 4 is 23.5 Å².